The van der Waals surface area contributed by atoms with E-state index in [1.807, 2.05) is 0 Å². The summed E-state index contributed by atoms with van der Waals surface area (Å²) in [5.41, 5.74) is 1.03. The molecule has 0 aliphatic heterocycles. The second-order valence-corrected chi connectivity index (χ2v) is 3.64. The number of hydrogen-bond donors (Lipinski definition) is 1. The summed E-state index contributed by atoms with van der Waals surface area (Å²) < 4.78 is 9.66. The monoisotopic (exact) mass is 276 g/mol. The Bertz CT molecular complexity index is 644. The van der Waals surface area contributed by atoms with Crippen molar-refractivity contribution in [1.29, 1.82) is 0 Å². The largest absolute Gasteiger partial charge is 0.490 e. The summed E-state index contributed by atoms with van der Waals surface area (Å²) in [6.45, 7) is 2.06. The lowest BCUT2D eigenvalue weighted by atomic mass is 10.3. The van der Waals surface area contributed by atoms with Crippen LogP contribution in [0.4, 0.5) is 0 Å². The van der Waals surface area contributed by atoms with Crippen molar-refractivity contribution in [2.45, 2.75) is 6.92 Å². The van der Waals surface area contributed by atoms with Gasteiger partial charge in [0.05, 0.1) is 19.9 Å². The number of carbonyl (C=O) groups excluding carboxylic acids is 2. The molecule has 2 heterocycles. The van der Waals surface area contributed by atoms with Crippen molar-refractivity contribution in [2.75, 3.05) is 13.7 Å². The highest BCUT2D eigenvalue weighted by Crippen LogP contribution is 2.16. The van der Waals surface area contributed by atoms with Crippen molar-refractivity contribution in [1.82, 2.24) is 19.9 Å². The zero-order valence-corrected chi connectivity index (χ0v) is 10.9. The van der Waals surface area contributed by atoms with E-state index in [0.29, 0.717) is 23.6 Å². The molecule has 8 heteroatoms. The first kappa shape index (κ1) is 13.7. The molecule has 0 spiro atoms. The normalized spacial score (nSPS) is 11.4. The number of esters is 1. The molecule has 0 atom stereocenters. The van der Waals surface area contributed by atoms with Crippen LogP contribution >= 0.6 is 0 Å². The molecule has 0 unspecified atom stereocenters. The molecule has 0 aliphatic rings. The maximum atomic E-state index is 11.5. The summed E-state index contributed by atoms with van der Waals surface area (Å²) in [7, 11) is 1.13. The lowest BCUT2D eigenvalue weighted by Gasteiger charge is -2.04. The molecule has 1 N–H and O–H groups in total. The van der Waals surface area contributed by atoms with Gasteiger partial charge in [0.15, 0.2) is 17.2 Å². The van der Waals surface area contributed by atoms with Gasteiger partial charge in [-0.1, -0.05) is 0 Å². The molecule has 0 aliphatic carbocycles. The Balaban J connectivity index is 2.39. The van der Waals surface area contributed by atoms with Gasteiger partial charge in [0.25, 0.3) is 5.78 Å². The Kier molecular flexibility index (Phi) is 4.04. The maximum absolute atomic E-state index is 11.5. The van der Waals surface area contributed by atoms with E-state index in [4.69, 9.17) is 4.74 Å². The van der Waals surface area contributed by atoms with Crippen molar-refractivity contribution in [3.8, 4) is 0 Å². The molecule has 0 radical (unpaired) electrons. The molecule has 2 aromatic heterocycles. The Labute approximate surface area is 113 Å². The van der Waals surface area contributed by atoms with E-state index in [-0.39, 0.29) is 5.76 Å². The molecular formula is C12H12N4O4. The van der Waals surface area contributed by atoms with E-state index >= 15 is 0 Å². The first-order valence-corrected chi connectivity index (χ1v) is 5.78. The number of nitrogens with one attached hydrogen (secondary N) is 1. The highest BCUT2D eigenvalue weighted by molar-refractivity contribution is 6.39. The Morgan fingerprint density at radius 1 is 1.45 bits per heavy atom. The van der Waals surface area contributed by atoms with Crippen molar-refractivity contribution in [2.24, 2.45) is 0 Å². The number of carbonyl (C=O) groups is 2. The van der Waals surface area contributed by atoms with Gasteiger partial charge in [-0.2, -0.15) is 0 Å². The fourth-order valence-electron chi connectivity index (χ4n) is 1.49. The number of methoxy groups -OCH3 is 1. The fraction of sp³-hybridized carbons (Fsp3) is 0.250. The molecular weight excluding hydrogens is 264 g/mol. The molecule has 2 rings (SSSR count). The van der Waals surface area contributed by atoms with Gasteiger partial charge in [-0.3, -0.25) is 4.79 Å². The van der Waals surface area contributed by atoms with Crippen LogP contribution in [0.25, 0.3) is 16.9 Å². The zero-order chi connectivity index (χ0) is 14.5. The maximum Gasteiger partial charge on any atom is 0.378 e. The van der Waals surface area contributed by atoms with Crippen molar-refractivity contribution < 1.29 is 19.1 Å². The van der Waals surface area contributed by atoms with Gasteiger partial charge in [-0.05, 0) is 6.92 Å². The smallest absolute Gasteiger partial charge is 0.378 e. The fourth-order valence-corrected chi connectivity index (χ4v) is 1.49. The number of H-pyrrole nitrogens is 1. The van der Waals surface area contributed by atoms with E-state index in [9.17, 15) is 9.59 Å². The molecule has 20 heavy (non-hydrogen) atoms. The molecule has 0 amide bonds. The van der Waals surface area contributed by atoms with E-state index in [2.05, 4.69) is 24.7 Å². The molecule has 8 nitrogen and oxygen atoms in total. The predicted molar refractivity (Wildman–Crippen MR) is 68.3 cm³/mol. The number of ketones is 1. The summed E-state index contributed by atoms with van der Waals surface area (Å²) in [5.74, 6) is -1.37. The highest BCUT2D eigenvalue weighted by atomic mass is 16.5. The standard InChI is InChI=1S/C12H12N4O4/c1-3-20-9(4-8(17)12(18)19-2)11-15-7-5-13-6-14-10(7)16-11/h4-6H,3H2,1-2H3,(H,13,14,15,16)/b9-4-. The number of nitrogens with zero attached hydrogens (tertiary/aromatic N) is 3. The molecule has 0 saturated carbocycles. The van der Waals surface area contributed by atoms with Crippen LogP contribution in [-0.2, 0) is 19.1 Å². The van der Waals surface area contributed by atoms with Gasteiger partial charge in [-0.15, -0.1) is 0 Å². The molecule has 0 fully saturated rings. The second kappa shape index (κ2) is 5.91. The van der Waals surface area contributed by atoms with Crippen LogP contribution in [-0.4, -0.2) is 45.4 Å². The lowest BCUT2D eigenvalue weighted by molar-refractivity contribution is -0.149. The molecule has 0 bridgehead atoms. The van der Waals surface area contributed by atoms with Crippen molar-refractivity contribution >= 4 is 28.7 Å². The third-order valence-corrected chi connectivity index (χ3v) is 2.34. The molecule has 2 aromatic rings. The zero-order valence-electron chi connectivity index (χ0n) is 10.9. The van der Waals surface area contributed by atoms with Gasteiger partial charge in [0.2, 0.25) is 0 Å². The number of aromatic amines is 1. The Morgan fingerprint density at radius 3 is 2.90 bits per heavy atom. The SMILES string of the molecule is CCO/C(=C\C(=O)C(=O)OC)c1nc2ncncc2[nH]1. The summed E-state index contributed by atoms with van der Waals surface area (Å²) in [6.07, 6.45) is 3.93. The van der Waals surface area contributed by atoms with Crippen LogP contribution in [0.15, 0.2) is 18.6 Å². The van der Waals surface area contributed by atoms with Gasteiger partial charge < -0.3 is 14.5 Å². The van der Waals surface area contributed by atoms with Gasteiger partial charge in [0.1, 0.15) is 11.8 Å². The van der Waals surface area contributed by atoms with Gasteiger partial charge in [0, 0.05) is 6.08 Å². The number of fused-ring (bicyclic) bond motifs is 1. The van der Waals surface area contributed by atoms with E-state index in [1.54, 1.807) is 13.1 Å². The number of ether oxygens (including phenoxy) is 2. The third kappa shape index (κ3) is 2.79. The molecule has 104 valence electrons. The lowest BCUT2D eigenvalue weighted by Crippen LogP contribution is -2.13. The Hall–Kier alpha value is -2.77. The summed E-state index contributed by atoms with van der Waals surface area (Å²) in [4.78, 5) is 37.6. The van der Waals surface area contributed by atoms with Crippen LogP contribution in [0.3, 0.4) is 0 Å². The number of imidazole rings is 1. The minimum Gasteiger partial charge on any atom is -0.490 e. The third-order valence-electron chi connectivity index (χ3n) is 2.34. The average Bonchev–Trinajstić information content (AvgIpc) is 2.89. The summed E-state index contributed by atoms with van der Waals surface area (Å²) >= 11 is 0. The van der Waals surface area contributed by atoms with E-state index < -0.39 is 11.8 Å². The van der Waals surface area contributed by atoms with Crippen LogP contribution in [0.2, 0.25) is 0 Å². The van der Waals surface area contributed by atoms with Gasteiger partial charge in [-0.25, -0.2) is 19.7 Å². The van der Waals surface area contributed by atoms with Crippen LogP contribution in [0, 0.1) is 0 Å². The highest BCUT2D eigenvalue weighted by Gasteiger charge is 2.16. The predicted octanol–water partition coefficient (Wildman–Crippen LogP) is 0.472. The van der Waals surface area contributed by atoms with Crippen molar-refractivity contribution in [3.05, 3.63) is 24.4 Å². The number of aromatic nitrogens is 4. The summed E-state index contributed by atoms with van der Waals surface area (Å²) in [6, 6.07) is 0. The van der Waals surface area contributed by atoms with Crippen molar-refractivity contribution in [3.63, 3.8) is 0 Å². The van der Waals surface area contributed by atoms with E-state index in [0.717, 1.165) is 13.2 Å². The first-order chi connectivity index (χ1) is 9.65. The molecule has 0 aromatic carbocycles. The summed E-state index contributed by atoms with van der Waals surface area (Å²) in [5, 5.41) is 0. The van der Waals surface area contributed by atoms with Crippen LogP contribution in [0.5, 0.6) is 0 Å². The van der Waals surface area contributed by atoms with Crippen LogP contribution in [0.1, 0.15) is 12.7 Å². The minimum absolute atomic E-state index is 0.140. The first-order valence-electron chi connectivity index (χ1n) is 5.78. The number of rotatable bonds is 5. The number of hydrogen-bond acceptors (Lipinski definition) is 7. The van der Waals surface area contributed by atoms with Crippen LogP contribution < -0.4 is 0 Å². The molecule has 0 saturated heterocycles. The topological polar surface area (TPSA) is 107 Å². The quantitative estimate of drug-likeness (QED) is 0.366. The average molecular weight is 276 g/mol. The Morgan fingerprint density at radius 2 is 2.25 bits per heavy atom. The second-order valence-electron chi connectivity index (χ2n) is 3.64. The minimum atomic E-state index is -0.974. The van der Waals surface area contributed by atoms with E-state index in [1.165, 1.54) is 6.33 Å². The van der Waals surface area contributed by atoms with Gasteiger partial charge >= 0.3 is 5.97 Å².